The van der Waals surface area contributed by atoms with Crippen LogP contribution in [-0.4, -0.2) is 35.2 Å². The molecule has 5 heteroatoms. The fourth-order valence-corrected chi connectivity index (χ4v) is 2.12. The average Bonchev–Trinajstić information content (AvgIpc) is 2.40. The van der Waals surface area contributed by atoms with Crippen molar-refractivity contribution >= 4 is 5.82 Å². The van der Waals surface area contributed by atoms with Crippen LogP contribution in [0.5, 0.6) is 5.88 Å². The first-order valence-corrected chi connectivity index (χ1v) is 6.74. The zero-order valence-corrected chi connectivity index (χ0v) is 11.1. The van der Waals surface area contributed by atoms with Crippen LogP contribution in [0.15, 0.2) is 12.4 Å². The van der Waals surface area contributed by atoms with Crippen LogP contribution in [0.3, 0.4) is 0 Å². The largest absolute Gasteiger partial charge is 0.477 e. The number of anilines is 1. The van der Waals surface area contributed by atoms with Gasteiger partial charge >= 0.3 is 0 Å². The lowest BCUT2D eigenvalue weighted by Crippen LogP contribution is -2.46. The molecule has 0 radical (unpaired) electrons. The number of rotatable bonds is 5. The molecule has 2 N–H and O–H groups in total. The van der Waals surface area contributed by atoms with Crippen LogP contribution in [0, 0.1) is 0 Å². The van der Waals surface area contributed by atoms with E-state index in [9.17, 15) is 0 Å². The highest BCUT2D eigenvalue weighted by Crippen LogP contribution is 2.15. The first kappa shape index (κ1) is 13.1. The topological polar surface area (TPSA) is 59.1 Å². The third-order valence-corrected chi connectivity index (χ3v) is 3.16. The van der Waals surface area contributed by atoms with Crippen LogP contribution in [-0.2, 0) is 0 Å². The van der Waals surface area contributed by atoms with E-state index < -0.39 is 0 Å². The SMILES string of the molecule is CCCOc1cncc(NC2CCCNC2C)n1. The molecule has 0 aromatic carbocycles. The maximum atomic E-state index is 5.48. The zero-order chi connectivity index (χ0) is 12.8. The minimum atomic E-state index is 0.412. The van der Waals surface area contributed by atoms with Gasteiger partial charge in [-0.2, -0.15) is 4.98 Å². The predicted octanol–water partition coefficient (Wildman–Crippen LogP) is 1.82. The van der Waals surface area contributed by atoms with E-state index in [0.29, 0.717) is 24.6 Å². The highest BCUT2D eigenvalue weighted by molar-refractivity contribution is 5.35. The summed E-state index contributed by atoms with van der Waals surface area (Å²) in [6, 6.07) is 0.871. The van der Waals surface area contributed by atoms with Gasteiger partial charge in [0.2, 0.25) is 5.88 Å². The maximum absolute atomic E-state index is 5.48. The molecule has 1 aromatic heterocycles. The molecule has 0 aliphatic carbocycles. The second-order valence-electron chi connectivity index (χ2n) is 4.73. The van der Waals surface area contributed by atoms with Gasteiger partial charge in [0, 0.05) is 12.1 Å². The third-order valence-electron chi connectivity index (χ3n) is 3.16. The normalized spacial score (nSPS) is 23.7. The van der Waals surface area contributed by atoms with Gasteiger partial charge in [0.15, 0.2) is 0 Å². The molecule has 1 aliphatic heterocycles. The first-order chi connectivity index (χ1) is 8.79. The van der Waals surface area contributed by atoms with Crippen LogP contribution < -0.4 is 15.4 Å². The van der Waals surface area contributed by atoms with Gasteiger partial charge in [0.05, 0.1) is 19.0 Å². The van der Waals surface area contributed by atoms with Crippen molar-refractivity contribution in [2.45, 2.75) is 45.2 Å². The van der Waals surface area contributed by atoms with Crippen molar-refractivity contribution in [2.75, 3.05) is 18.5 Å². The van der Waals surface area contributed by atoms with Gasteiger partial charge < -0.3 is 15.4 Å². The van der Waals surface area contributed by atoms with Gasteiger partial charge in [-0.05, 0) is 32.7 Å². The van der Waals surface area contributed by atoms with Crippen molar-refractivity contribution in [3.8, 4) is 5.88 Å². The summed E-state index contributed by atoms with van der Waals surface area (Å²) in [7, 11) is 0. The van der Waals surface area contributed by atoms with Crippen molar-refractivity contribution < 1.29 is 4.74 Å². The van der Waals surface area contributed by atoms with Crippen molar-refractivity contribution in [3.63, 3.8) is 0 Å². The van der Waals surface area contributed by atoms with Gasteiger partial charge in [-0.15, -0.1) is 0 Å². The highest BCUT2D eigenvalue weighted by atomic mass is 16.5. The second-order valence-corrected chi connectivity index (χ2v) is 4.73. The smallest absolute Gasteiger partial charge is 0.234 e. The predicted molar refractivity (Wildman–Crippen MR) is 71.9 cm³/mol. The van der Waals surface area contributed by atoms with Gasteiger partial charge in [0.25, 0.3) is 0 Å². The number of nitrogens with one attached hydrogen (secondary N) is 2. The second kappa shape index (κ2) is 6.54. The van der Waals surface area contributed by atoms with Crippen LogP contribution in [0.2, 0.25) is 0 Å². The lowest BCUT2D eigenvalue weighted by atomic mass is 10.00. The van der Waals surface area contributed by atoms with E-state index in [1.165, 1.54) is 6.42 Å². The Kier molecular flexibility index (Phi) is 4.75. The lowest BCUT2D eigenvalue weighted by Gasteiger charge is -2.30. The Morgan fingerprint density at radius 2 is 2.39 bits per heavy atom. The Bertz CT molecular complexity index is 372. The molecule has 1 saturated heterocycles. The van der Waals surface area contributed by atoms with Gasteiger partial charge in [0.1, 0.15) is 5.82 Å². The fourth-order valence-electron chi connectivity index (χ4n) is 2.12. The van der Waals surface area contributed by atoms with Crippen molar-refractivity contribution in [1.82, 2.24) is 15.3 Å². The average molecular weight is 250 g/mol. The number of hydrogen-bond donors (Lipinski definition) is 2. The molecular formula is C13H22N4O. The Hall–Kier alpha value is -1.36. The Labute approximate surface area is 108 Å². The van der Waals surface area contributed by atoms with Crippen molar-refractivity contribution in [3.05, 3.63) is 12.4 Å². The summed E-state index contributed by atoms with van der Waals surface area (Å²) in [4.78, 5) is 8.57. The minimum Gasteiger partial charge on any atom is -0.477 e. The Morgan fingerprint density at radius 1 is 1.50 bits per heavy atom. The highest BCUT2D eigenvalue weighted by Gasteiger charge is 2.20. The first-order valence-electron chi connectivity index (χ1n) is 6.74. The number of piperidine rings is 1. The van der Waals surface area contributed by atoms with Gasteiger partial charge in [-0.3, -0.25) is 4.98 Å². The van der Waals surface area contributed by atoms with Crippen LogP contribution in [0.1, 0.15) is 33.1 Å². The van der Waals surface area contributed by atoms with Crippen molar-refractivity contribution in [2.24, 2.45) is 0 Å². The summed E-state index contributed by atoms with van der Waals surface area (Å²) in [5, 5.41) is 6.89. The summed E-state index contributed by atoms with van der Waals surface area (Å²) >= 11 is 0. The van der Waals surface area contributed by atoms with E-state index in [2.05, 4.69) is 34.4 Å². The molecule has 0 amide bonds. The molecule has 5 nitrogen and oxygen atoms in total. The number of nitrogens with zero attached hydrogens (tertiary/aromatic N) is 2. The molecule has 0 spiro atoms. The van der Waals surface area contributed by atoms with Crippen LogP contribution in [0.4, 0.5) is 5.82 Å². The molecule has 0 saturated carbocycles. The molecule has 2 heterocycles. The van der Waals surface area contributed by atoms with Crippen LogP contribution >= 0.6 is 0 Å². The summed E-state index contributed by atoms with van der Waals surface area (Å²) in [6.07, 6.45) is 6.74. The van der Waals surface area contributed by atoms with Crippen LogP contribution in [0.25, 0.3) is 0 Å². The molecule has 1 aromatic rings. The van der Waals surface area contributed by atoms with E-state index in [1.807, 2.05) is 0 Å². The molecular weight excluding hydrogens is 228 g/mol. The van der Waals surface area contributed by atoms with E-state index in [-0.39, 0.29) is 0 Å². The minimum absolute atomic E-state index is 0.412. The van der Waals surface area contributed by atoms with Gasteiger partial charge in [-0.25, -0.2) is 0 Å². The Balaban J connectivity index is 1.95. The van der Waals surface area contributed by atoms with Crippen molar-refractivity contribution in [1.29, 1.82) is 0 Å². The maximum Gasteiger partial charge on any atom is 0.234 e. The standard InChI is InChI=1S/C13H22N4O/c1-3-7-18-13-9-14-8-12(17-13)16-11-5-4-6-15-10(11)2/h8-11,15H,3-7H2,1-2H3,(H,16,17). The molecule has 1 aliphatic rings. The number of aromatic nitrogens is 2. The quantitative estimate of drug-likeness (QED) is 0.834. The zero-order valence-electron chi connectivity index (χ0n) is 11.1. The molecule has 2 unspecified atom stereocenters. The lowest BCUT2D eigenvalue weighted by molar-refractivity contribution is 0.304. The molecule has 0 bridgehead atoms. The summed E-state index contributed by atoms with van der Waals surface area (Å²) < 4.78 is 5.48. The van der Waals surface area contributed by atoms with E-state index in [4.69, 9.17) is 4.74 Å². The monoisotopic (exact) mass is 250 g/mol. The number of ether oxygens (including phenoxy) is 1. The Morgan fingerprint density at radius 3 is 3.17 bits per heavy atom. The van der Waals surface area contributed by atoms with Gasteiger partial charge in [-0.1, -0.05) is 6.92 Å². The number of hydrogen-bond acceptors (Lipinski definition) is 5. The van der Waals surface area contributed by atoms with E-state index >= 15 is 0 Å². The molecule has 1 fully saturated rings. The van der Waals surface area contributed by atoms with E-state index in [1.54, 1.807) is 12.4 Å². The summed E-state index contributed by atoms with van der Waals surface area (Å²) in [5.41, 5.74) is 0. The molecule has 2 atom stereocenters. The van der Waals surface area contributed by atoms with E-state index in [0.717, 1.165) is 25.2 Å². The molecule has 100 valence electrons. The fraction of sp³-hybridized carbons (Fsp3) is 0.692. The summed E-state index contributed by atoms with van der Waals surface area (Å²) in [6.45, 7) is 6.05. The molecule has 2 rings (SSSR count). The molecule has 18 heavy (non-hydrogen) atoms. The summed E-state index contributed by atoms with van der Waals surface area (Å²) in [5.74, 6) is 1.39. The third kappa shape index (κ3) is 3.57.